The number of urea groups is 1. The van der Waals surface area contributed by atoms with E-state index in [2.05, 4.69) is 17.6 Å². The third-order valence-electron chi connectivity index (χ3n) is 2.73. The number of carbonyl (C=O) groups excluding carboxylic acids is 1. The van der Waals surface area contributed by atoms with Crippen LogP contribution in [0.5, 0.6) is 0 Å². The Labute approximate surface area is 119 Å². The Morgan fingerprint density at radius 3 is 2.42 bits per heavy atom. The number of rotatable bonds is 10. The zero-order valence-electron chi connectivity index (χ0n) is 12.1. The van der Waals surface area contributed by atoms with Gasteiger partial charge in [-0.1, -0.05) is 26.7 Å². The molecular formula is C13H26N2O3S. The van der Waals surface area contributed by atoms with Gasteiger partial charge in [-0.25, -0.2) is 9.59 Å². The molecule has 2 amide bonds. The number of amides is 2. The van der Waals surface area contributed by atoms with Gasteiger partial charge in [-0.3, -0.25) is 0 Å². The zero-order chi connectivity index (χ0) is 14.7. The Bertz CT molecular complexity index is 275. The lowest BCUT2D eigenvalue weighted by molar-refractivity contribution is -0.139. The van der Waals surface area contributed by atoms with Crippen molar-refractivity contribution >= 4 is 23.8 Å². The number of thioether (sulfide) groups is 1. The van der Waals surface area contributed by atoms with Crippen molar-refractivity contribution in [1.29, 1.82) is 0 Å². The van der Waals surface area contributed by atoms with E-state index in [1.54, 1.807) is 0 Å². The number of carboxylic acid groups (broad SMARTS) is 1. The lowest BCUT2D eigenvalue weighted by Gasteiger charge is -2.18. The van der Waals surface area contributed by atoms with Gasteiger partial charge >= 0.3 is 12.0 Å². The fourth-order valence-corrected chi connectivity index (χ4v) is 2.37. The molecule has 0 rings (SSSR count). The number of hydrogen-bond acceptors (Lipinski definition) is 3. The second-order valence-corrected chi connectivity index (χ2v) is 5.93. The maximum atomic E-state index is 11.7. The molecule has 0 fully saturated rings. The van der Waals surface area contributed by atoms with Gasteiger partial charge in [-0.15, -0.1) is 0 Å². The fourth-order valence-electron chi connectivity index (χ4n) is 1.57. The van der Waals surface area contributed by atoms with Crippen molar-refractivity contribution in [3.63, 3.8) is 0 Å². The molecule has 6 heteroatoms. The first-order chi connectivity index (χ1) is 9.01. The maximum Gasteiger partial charge on any atom is 0.326 e. The molecule has 0 aromatic heterocycles. The molecule has 5 nitrogen and oxygen atoms in total. The summed E-state index contributed by atoms with van der Waals surface area (Å²) in [5, 5.41) is 14.3. The van der Waals surface area contributed by atoms with Gasteiger partial charge in [0.2, 0.25) is 0 Å². The normalized spacial score (nSPS) is 13.6. The third kappa shape index (κ3) is 9.64. The minimum Gasteiger partial charge on any atom is -0.480 e. The molecule has 112 valence electrons. The summed E-state index contributed by atoms with van der Waals surface area (Å²) in [6.45, 7) is 6.02. The molecule has 0 aliphatic carbocycles. The Kier molecular flexibility index (Phi) is 10.4. The molecule has 2 atom stereocenters. The van der Waals surface area contributed by atoms with Crippen LogP contribution in [0.15, 0.2) is 0 Å². The number of nitrogens with one attached hydrogen (secondary N) is 2. The molecule has 0 spiro atoms. The summed E-state index contributed by atoms with van der Waals surface area (Å²) in [4.78, 5) is 22.7. The largest absolute Gasteiger partial charge is 0.480 e. The Morgan fingerprint density at radius 2 is 1.89 bits per heavy atom. The molecule has 0 heterocycles. The first-order valence-corrected chi connectivity index (χ1v) is 8.04. The summed E-state index contributed by atoms with van der Waals surface area (Å²) >= 11 is 1.83. The summed E-state index contributed by atoms with van der Waals surface area (Å²) in [6.07, 6.45) is 3.07. The summed E-state index contributed by atoms with van der Waals surface area (Å²) in [5.41, 5.74) is 0. The van der Waals surface area contributed by atoms with E-state index in [4.69, 9.17) is 5.11 Å². The molecule has 0 aliphatic heterocycles. The molecule has 0 saturated carbocycles. The van der Waals surface area contributed by atoms with E-state index in [0.29, 0.717) is 6.42 Å². The van der Waals surface area contributed by atoms with Crippen molar-refractivity contribution in [1.82, 2.24) is 10.6 Å². The van der Waals surface area contributed by atoms with Crippen molar-refractivity contribution in [2.24, 2.45) is 0 Å². The highest BCUT2D eigenvalue weighted by Gasteiger charge is 2.19. The van der Waals surface area contributed by atoms with Gasteiger partial charge in [0, 0.05) is 6.04 Å². The lowest BCUT2D eigenvalue weighted by Crippen LogP contribution is -2.48. The quantitative estimate of drug-likeness (QED) is 0.540. The highest BCUT2D eigenvalue weighted by molar-refractivity contribution is 7.99. The van der Waals surface area contributed by atoms with Crippen molar-refractivity contribution < 1.29 is 14.7 Å². The minimum atomic E-state index is -0.974. The molecular weight excluding hydrogens is 264 g/mol. The standard InChI is InChI=1S/C13H26N2O3S/c1-4-6-7-11(12(16)17)15-13(18)14-10(3)8-9-19-5-2/h10-11H,4-9H2,1-3H3,(H,16,17)(H2,14,15,18). The van der Waals surface area contributed by atoms with Crippen molar-refractivity contribution in [2.45, 2.75) is 58.5 Å². The fraction of sp³-hybridized carbons (Fsp3) is 0.846. The average molecular weight is 290 g/mol. The highest BCUT2D eigenvalue weighted by Crippen LogP contribution is 2.04. The molecule has 0 aromatic carbocycles. The van der Waals surface area contributed by atoms with E-state index in [9.17, 15) is 9.59 Å². The summed E-state index contributed by atoms with van der Waals surface area (Å²) < 4.78 is 0. The molecule has 0 bridgehead atoms. The van der Waals surface area contributed by atoms with Crippen LogP contribution >= 0.6 is 11.8 Å². The number of hydrogen-bond donors (Lipinski definition) is 3. The topological polar surface area (TPSA) is 78.4 Å². The molecule has 0 radical (unpaired) electrons. The smallest absolute Gasteiger partial charge is 0.326 e. The predicted molar refractivity (Wildman–Crippen MR) is 79.7 cm³/mol. The van der Waals surface area contributed by atoms with Crippen LogP contribution in [-0.2, 0) is 4.79 Å². The summed E-state index contributed by atoms with van der Waals surface area (Å²) in [7, 11) is 0. The summed E-state index contributed by atoms with van der Waals surface area (Å²) in [5.74, 6) is 1.09. The number of carbonyl (C=O) groups is 2. The number of unbranched alkanes of at least 4 members (excludes halogenated alkanes) is 1. The monoisotopic (exact) mass is 290 g/mol. The average Bonchev–Trinajstić information content (AvgIpc) is 2.34. The van der Waals surface area contributed by atoms with Gasteiger partial charge in [-0.2, -0.15) is 11.8 Å². The van der Waals surface area contributed by atoms with Gasteiger partial charge < -0.3 is 15.7 Å². The second-order valence-electron chi connectivity index (χ2n) is 4.54. The van der Waals surface area contributed by atoms with Crippen LogP contribution in [0.3, 0.4) is 0 Å². The molecule has 0 aliphatic rings. The van der Waals surface area contributed by atoms with Crippen LogP contribution in [0.2, 0.25) is 0 Å². The molecule has 0 saturated heterocycles. The maximum absolute atomic E-state index is 11.7. The van der Waals surface area contributed by atoms with Crippen molar-refractivity contribution in [3.05, 3.63) is 0 Å². The van der Waals surface area contributed by atoms with E-state index in [-0.39, 0.29) is 6.04 Å². The van der Waals surface area contributed by atoms with Gasteiger partial charge in [0.25, 0.3) is 0 Å². The van der Waals surface area contributed by atoms with E-state index in [0.717, 1.165) is 30.8 Å². The van der Waals surface area contributed by atoms with E-state index in [1.807, 2.05) is 25.6 Å². The van der Waals surface area contributed by atoms with Crippen molar-refractivity contribution in [3.8, 4) is 0 Å². The van der Waals surface area contributed by atoms with Gasteiger partial charge in [0.1, 0.15) is 6.04 Å². The molecule has 3 N–H and O–H groups in total. The van der Waals surface area contributed by atoms with Crippen LogP contribution in [0.1, 0.15) is 46.5 Å². The molecule has 0 aromatic rings. The predicted octanol–water partition coefficient (Wildman–Crippen LogP) is 2.46. The highest BCUT2D eigenvalue weighted by atomic mass is 32.2. The van der Waals surface area contributed by atoms with Crippen LogP contribution in [0.4, 0.5) is 4.79 Å². The Balaban J connectivity index is 4.00. The number of aliphatic carboxylic acids is 1. The minimum absolute atomic E-state index is 0.0553. The first-order valence-electron chi connectivity index (χ1n) is 6.88. The molecule has 2 unspecified atom stereocenters. The van der Waals surface area contributed by atoms with Crippen LogP contribution in [0.25, 0.3) is 0 Å². The Hall–Kier alpha value is -0.910. The summed E-state index contributed by atoms with van der Waals surface area (Å²) in [6, 6.07) is -1.13. The molecule has 19 heavy (non-hydrogen) atoms. The first kappa shape index (κ1) is 18.1. The second kappa shape index (κ2) is 11.0. The van der Waals surface area contributed by atoms with Crippen molar-refractivity contribution in [2.75, 3.05) is 11.5 Å². The van der Waals surface area contributed by atoms with Gasteiger partial charge in [0.15, 0.2) is 0 Å². The Morgan fingerprint density at radius 1 is 1.21 bits per heavy atom. The van der Waals surface area contributed by atoms with E-state index >= 15 is 0 Å². The number of carboxylic acids is 1. The van der Waals surface area contributed by atoms with E-state index < -0.39 is 18.0 Å². The zero-order valence-corrected chi connectivity index (χ0v) is 12.9. The van der Waals surface area contributed by atoms with Crippen LogP contribution < -0.4 is 10.6 Å². The van der Waals surface area contributed by atoms with Gasteiger partial charge in [-0.05, 0) is 31.3 Å². The lowest BCUT2D eigenvalue weighted by atomic mass is 10.1. The van der Waals surface area contributed by atoms with E-state index in [1.165, 1.54) is 0 Å². The van der Waals surface area contributed by atoms with Gasteiger partial charge in [0.05, 0.1) is 0 Å². The third-order valence-corrected chi connectivity index (χ3v) is 3.66. The SMILES string of the molecule is CCCCC(NC(=O)NC(C)CCSCC)C(=O)O. The van der Waals surface area contributed by atoms with Crippen LogP contribution in [-0.4, -0.2) is 40.7 Å². The van der Waals surface area contributed by atoms with Crippen LogP contribution in [0, 0.1) is 0 Å².